The van der Waals surface area contributed by atoms with E-state index in [0.29, 0.717) is 0 Å². The third kappa shape index (κ3) is 6.09. The van der Waals surface area contributed by atoms with Gasteiger partial charge in [-0.05, 0) is 49.4 Å². The van der Waals surface area contributed by atoms with E-state index in [1.807, 2.05) is 36.4 Å². The third-order valence-electron chi connectivity index (χ3n) is 5.21. The van der Waals surface area contributed by atoms with Gasteiger partial charge in [-0.2, -0.15) is 0 Å². The highest BCUT2D eigenvalue weighted by molar-refractivity contribution is 5.79. The topological polar surface area (TPSA) is 102 Å². The lowest BCUT2D eigenvalue weighted by Gasteiger charge is -2.23. The molecule has 0 heterocycles. The van der Waals surface area contributed by atoms with E-state index in [2.05, 4.69) is 17.4 Å². The maximum atomic E-state index is 12.5. The molecular formula is C25H29NO6. The summed E-state index contributed by atoms with van der Waals surface area (Å²) in [5.41, 5.74) is 3.77. The quantitative estimate of drug-likeness (QED) is 0.588. The molecule has 1 aliphatic rings. The van der Waals surface area contributed by atoms with E-state index in [-0.39, 0.29) is 31.8 Å². The van der Waals surface area contributed by atoms with Crippen LogP contribution in [0.3, 0.4) is 0 Å². The second-order valence-electron chi connectivity index (χ2n) is 8.89. The van der Waals surface area contributed by atoms with E-state index in [9.17, 15) is 14.4 Å². The summed E-state index contributed by atoms with van der Waals surface area (Å²) >= 11 is 0. The number of rotatable bonds is 8. The molecule has 1 amide bonds. The summed E-state index contributed by atoms with van der Waals surface area (Å²) in [6.45, 7) is 5.38. The monoisotopic (exact) mass is 439 g/mol. The van der Waals surface area contributed by atoms with Crippen molar-refractivity contribution < 1.29 is 29.0 Å². The minimum absolute atomic E-state index is 0.0866. The molecule has 1 atom stereocenters. The number of benzene rings is 2. The number of amides is 1. The number of nitrogens with one attached hydrogen (secondary N) is 1. The first-order valence-corrected chi connectivity index (χ1v) is 10.7. The zero-order chi connectivity index (χ0) is 23.3. The van der Waals surface area contributed by atoms with Gasteiger partial charge < -0.3 is 19.9 Å². The number of hydrogen-bond donors (Lipinski definition) is 2. The molecule has 0 aromatic heterocycles. The summed E-state index contributed by atoms with van der Waals surface area (Å²) in [4.78, 5) is 35.7. The number of hydrogen-bond acceptors (Lipinski definition) is 5. The predicted octanol–water partition coefficient (Wildman–Crippen LogP) is 4.49. The third-order valence-corrected chi connectivity index (χ3v) is 5.21. The summed E-state index contributed by atoms with van der Waals surface area (Å²) in [5.74, 6) is -1.60. The molecule has 1 unspecified atom stereocenters. The number of ether oxygens (including phenoxy) is 2. The molecule has 3 rings (SSSR count). The Labute approximate surface area is 187 Å². The highest BCUT2D eigenvalue weighted by Crippen LogP contribution is 2.44. The molecule has 2 aromatic carbocycles. The molecular weight excluding hydrogens is 410 g/mol. The summed E-state index contributed by atoms with van der Waals surface area (Å²) in [6, 6.07) is 15.3. The highest BCUT2D eigenvalue weighted by Gasteiger charge is 2.29. The van der Waals surface area contributed by atoms with Crippen LogP contribution < -0.4 is 5.32 Å². The number of fused-ring (bicyclic) bond motifs is 3. The van der Waals surface area contributed by atoms with Crippen molar-refractivity contribution in [1.29, 1.82) is 0 Å². The van der Waals surface area contributed by atoms with Crippen molar-refractivity contribution >= 4 is 18.0 Å². The normalized spacial score (nSPS) is 13.6. The van der Waals surface area contributed by atoms with Gasteiger partial charge in [-0.3, -0.25) is 9.59 Å². The predicted molar refractivity (Wildman–Crippen MR) is 119 cm³/mol. The summed E-state index contributed by atoms with van der Waals surface area (Å²) < 4.78 is 10.8. The smallest absolute Gasteiger partial charge is 0.407 e. The molecule has 170 valence electrons. The average molecular weight is 440 g/mol. The molecule has 7 nitrogen and oxygen atoms in total. The molecule has 0 aliphatic heterocycles. The number of aliphatic carboxylic acids is 1. The van der Waals surface area contributed by atoms with Crippen molar-refractivity contribution in [1.82, 2.24) is 5.32 Å². The van der Waals surface area contributed by atoms with Crippen LogP contribution in [0.4, 0.5) is 4.79 Å². The maximum Gasteiger partial charge on any atom is 0.407 e. The Morgan fingerprint density at radius 3 is 2.09 bits per heavy atom. The fraction of sp³-hybridized carbons (Fsp3) is 0.400. The Morgan fingerprint density at radius 2 is 1.56 bits per heavy atom. The van der Waals surface area contributed by atoms with Crippen molar-refractivity contribution in [3.8, 4) is 11.1 Å². The number of carbonyl (C=O) groups is 3. The summed E-state index contributed by atoms with van der Waals surface area (Å²) in [5, 5.41) is 11.6. The van der Waals surface area contributed by atoms with Crippen LogP contribution in [-0.2, 0) is 19.1 Å². The Bertz CT molecular complexity index is 948. The van der Waals surface area contributed by atoms with Crippen LogP contribution in [0.25, 0.3) is 11.1 Å². The zero-order valence-corrected chi connectivity index (χ0v) is 18.6. The summed E-state index contributed by atoms with van der Waals surface area (Å²) in [7, 11) is 0. The second kappa shape index (κ2) is 9.85. The molecule has 2 N–H and O–H groups in total. The fourth-order valence-electron chi connectivity index (χ4n) is 3.91. The maximum absolute atomic E-state index is 12.5. The molecule has 0 bridgehead atoms. The van der Waals surface area contributed by atoms with Gasteiger partial charge >= 0.3 is 18.0 Å². The largest absolute Gasteiger partial charge is 0.481 e. The molecule has 0 spiro atoms. The number of esters is 1. The number of carbonyl (C=O) groups excluding carboxylic acids is 2. The van der Waals surface area contributed by atoms with Crippen molar-refractivity contribution in [2.75, 3.05) is 6.61 Å². The van der Waals surface area contributed by atoms with E-state index in [1.165, 1.54) is 0 Å². The number of alkyl carbamates (subject to hydrolysis) is 1. The molecule has 0 saturated heterocycles. The number of carboxylic acid groups (broad SMARTS) is 1. The van der Waals surface area contributed by atoms with E-state index in [0.717, 1.165) is 22.3 Å². The van der Waals surface area contributed by atoms with E-state index < -0.39 is 29.7 Å². The van der Waals surface area contributed by atoms with Crippen molar-refractivity contribution in [3.63, 3.8) is 0 Å². The Hall–Kier alpha value is -3.35. The van der Waals surface area contributed by atoms with E-state index >= 15 is 0 Å². The zero-order valence-electron chi connectivity index (χ0n) is 18.6. The van der Waals surface area contributed by atoms with Crippen molar-refractivity contribution in [2.45, 2.75) is 57.6 Å². The van der Waals surface area contributed by atoms with Crippen LogP contribution in [-0.4, -0.2) is 41.4 Å². The lowest BCUT2D eigenvalue weighted by molar-refractivity contribution is -0.155. The standard InChI is InChI=1S/C25H29NO6/c1-25(2,3)32-23(29)14-16(12-13-22(27)28)26-24(30)31-15-21-19-10-6-4-8-17(19)18-9-5-7-11-20(18)21/h4-11,16,21H,12-15H2,1-3H3,(H,26,30)(H,27,28). The Kier molecular flexibility index (Phi) is 7.18. The molecule has 1 aliphatic carbocycles. The van der Waals surface area contributed by atoms with Gasteiger partial charge in [0.2, 0.25) is 0 Å². The highest BCUT2D eigenvalue weighted by atomic mass is 16.6. The molecule has 0 saturated carbocycles. The fourth-order valence-corrected chi connectivity index (χ4v) is 3.91. The minimum atomic E-state index is -1.01. The molecule has 7 heteroatoms. The van der Waals surface area contributed by atoms with Gasteiger partial charge in [0.1, 0.15) is 12.2 Å². The van der Waals surface area contributed by atoms with Gasteiger partial charge in [0.25, 0.3) is 0 Å². The van der Waals surface area contributed by atoms with Gasteiger partial charge in [-0.25, -0.2) is 4.79 Å². The SMILES string of the molecule is CC(C)(C)OC(=O)CC(CCC(=O)O)NC(=O)OCC1c2ccccc2-c2ccccc21. The molecule has 32 heavy (non-hydrogen) atoms. The minimum Gasteiger partial charge on any atom is -0.481 e. The molecule has 2 aromatic rings. The van der Waals surface area contributed by atoms with E-state index in [4.69, 9.17) is 14.6 Å². The average Bonchev–Trinajstić information content (AvgIpc) is 3.03. The van der Waals surface area contributed by atoms with Crippen LogP contribution in [0, 0.1) is 0 Å². The van der Waals surface area contributed by atoms with Crippen LogP contribution in [0.1, 0.15) is 57.1 Å². The van der Waals surface area contributed by atoms with E-state index in [1.54, 1.807) is 20.8 Å². The Balaban J connectivity index is 1.63. The van der Waals surface area contributed by atoms with Gasteiger partial charge in [-0.15, -0.1) is 0 Å². The first-order valence-electron chi connectivity index (χ1n) is 10.7. The first kappa shape index (κ1) is 23.3. The first-order chi connectivity index (χ1) is 15.1. The molecule has 0 radical (unpaired) electrons. The van der Waals surface area contributed by atoms with Gasteiger partial charge in [0.05, 0.1) is 6.42 Å². The second-order valence-corrected chi connectivity index (χ2v) is 8.89. The van der Waals surface area contributed by atoms with Crippen LogP contribution >= 0.6 is 0 Å². The summed E-state index contributed by atoms with van der Waals surface area (Å²) in [6.07, 6.45) is -0.907. The van der Waals surface area contributed by atoms with Crippen molar-refractivity contribution in [3.05, 3.63) is 59.7 Å². The molecule has 0 fully saturated rings. The lowest BCUT2D eigenvalue weighted by Crippen LogP contribution is -2.39. The van der Waals surface area contributed by atoms with Crippen molar-refractivity contribution in [2.24, 2.45) is 0 Å². The van der Waals surface area contributed by atoms with Gasteiger partial charge in [0, 0.05) is 18.4 Å². The van der Waals surface area contributed by atoms with Gasteiger partial charge in [-0.1, -0.05) is 48.5 Å². The van der Waals surface area contributed by atoms with Crippen LogP contribution in [0.5, 0.6) is 0 Å². The number of carboxylic acids is 1. The van der Waals surface area contributed by atoms with Crippen LogP contribution in [0.15, 0.2) is 48.5 Å². The van der Waals surface area contributed by atoms with Crippen LogP contribution in [0.2, 0.25) is 0 Å². The van der Waals surface area contributed by atoms with Gasteiger partial charge in [0.15, 0.2) is 0 Å². The lowest BCUT2D eigenvalue weighted by atomic mass is 9.98. The Morgan fingerprint density at radius 1 is 1.00 bits per heavy atom.